The molecule has 0 saturated heterocycles. The molecule has 0 aliphatic heterocycles. The zero-order valence-electron chi connectivity index (χ0n) is 12.6. The van der Waals surface area contributed by atoms with Gasteiger partial charge in [-0.1, -0.05) is 18.6 Å². The predicted octanol–water partition coefficient (Wildman–Crippen LogP) is 3.90. The highest BCUT2D eigenvalue weighted by molar-refractivity contribution is 5.80. The fourth-order valence-corrected chi connectivity index (χ4v) is 3.93. The number of alkyl halides is 2. The maximum atomic E-state index is 12.4. The van der Waals surface area contributed by atoms with E-state index in [1.54, 1.807) is 12.1 Å². The summed E-state index contributed by atoms with van der Waals surface area (Å²) < 4.78 is 28.9. The van der Waals surface area contributed by atoms with Gasteiger partial charge in [-0.15, -0.1) is 0 Å². The van der Waals surface area contributed by atoms with Gasteiger partial charge in [-0.25, -0.2) is 0 Å². The topological polar surface area (TPSA) is 38.3 Å². The van der Waals surface area contributed by atoms with Crippen molar-refractivity contribution in [3.05, 3.63) is 29.8 Å². The summed E-state index contributed by atoms with van der Waals surface area (Å²) in [6.07, 6.45) is 4.60. The third kappa shape index (κ3) is 3.23. The number of hydrogen-bond acceptors (Lipinski definition) is 2. The smallest absolute Gasteiger partial charge is 0.387 e. The molecule has 0 aromatic heterocycles. The normalized spacial score (nSPS) is 27.9. The van der Waals surface area contributed by atoms with Gasteiger partial charge in [0, 0.05) is 5.92 Å². The van der Waals surface area contributed by atoms with Crippen LogP contribution in [-0.4, -0.2) is 12.5 Å². The van der Waals surface area contributed by atoms with Gasteiger partial charge in [0.1, 0.15) is 5.75 Å². The average molecular weight is 309 g/mol. The first-order chi connectivity index (χ1) is 10.5. The number of rotatable bonds is 5. The van der Waals surface area contributed by atoms with Gasteiger partial charge in [-0.2, -0.15) is 8.78 Å². The van der Waals surface area contributed by atoms with Crippen LogP contribution in [0.15, 0.2) is 24.3 Å². The van der Waals surface area contributed by atoms with Crippen LogP contribution in [-0.2, 0) is 4.79 Å². The van der Waals surface area contributed by atoms with Crippen LogP contribution in [0.25, 0.3) is 0 Å². The zero-order valence-corrected chi connectivity index (χ0v) is 12.6. The number of amides is 1. The number of halogens is 2. The van der Waals surface area contributed by atoms with Gasteiger partial charge < -0.3 is 10.1 Å². The van der Waals surface area contributed by atoms with Crippen molar-refractivity contribution in [2.24, 2.45) is 17.8 Å². The first-order valence-corrected chi connectivity index (χ1v) is 7.88. The minimum atomic E-state index is -2.84. The Morgan fingerprint density at radius 2 is 2.14 bits per heavy atom. The molecule has 3 nitrogen and oxygen atoms in total. The molecule has 0 unspecified atom stereocenters. The van der Waals surface area contributed by atoms with Crippen molar-refractivity contribution in [1.29, 1.82) is 0 Å². The molecule has 4 atom stereocenters. The summed E-state index contributed by atoms with van der Waals surface area (Å²) in [6.45, 7) is -0.971. The molecule has 1 amide bonds. The van der Waals surface area contributed by atoms with Gasteiger partial charge in [0.25, 0.3) is 0 Å². The monoisotopic (exact) mass is 309 g/mol. The summed E-state index contributed by atoms with van der Waals surface area (Å²) in [7, 11) is 0. The van der Waals surface area contributed by atoms with E-state index in [2.05, 4.69) is 10.1 Å². The molecule has 3 rings (SSSR count). The van der Waals surface area contributed by atoms with Gasteiger partial charge in [0.15, 0.2) is 0 Å². The van der Waals surface area contributed by atoms with Gasteiger partial charge in [-0.3, -0.25) is 4.79 Å². The molecule has 22 heavy (non-hydrogen) atoms. The van der Waals surface area contributed by atoms with Crippen molar-refractivity contribution < 1.29 is 18.3 Å². The van der Waals surface area contributed by atoms with Crippen LogP contribution in [0.4, 0.5) is 8.78 Å². The molecular weight excluding hydrogens is 288 g/mol. The number of hydrogen-bond donors (Lipinski definition) is 1. The van der Waals surface area contributed by atoms with E-state index in [-0.39, 0.29) is 23.6 Å². The highest BCUT2D eigenvalue weighted by atomic mass is 19.3. The predicted molar refractivity (Wildman–Crippen MR) is 78.6 cm³/mol. The number of fused-ring (bicyclic) bond motifs is 2. The molecule has 0 radical (unpaired) electrons. The van der Waals surface area contributed by atoms with E-state index in [9.17, 15) is 13.6 Å². The Labute approximate surface area is 129 Å². The quantitative estimate of drug-likeness (QED) is 0.896. The zero-order chi connectivity index (χ0) is 15.7. The van der Waals surface area contributed by atoms with E-state index in [1.807, 2.05) is 13.0 Å². The van der Waals surface area contributed by atoms with Crippen LogP contribution in [0, 0.1) is 17.8 Å². The largest absolute Gasteiger partial charge is 0.435 e. The van der Waals surface area contributed by atoms with Crippen LogP contribution >= 0.6 is 0 Å². The summed E-state index contributed by atoms with van der Waals surface area (Å²) in [6, 6.07) is 6.29. The van der Waals surface area contributed by atoms with E-state index in [4.69, 9.17) is 0 Å². The molecule has 0 heterocycles. The van der Waals surface area contributed by atoms with Gasteiger partial charge in [-0.05, 0) is 55.7 Å². The molecular formula is C17H21F2NO2. The Kier molecular flexibility index (Phi) is 4.32. The second-order valence-corrected chi connectivity index (χ2v) is 6.46. The summed E-state index contributed by atoms with van der Waals surface area (Å²) in [5.41, 5.74) is 0.773. The van der Waals surface area contributed by atoms with Crippen molar-refractivity contribution >= 4 is 5.91 Å². The number of nitrogens with one attached hydrogen (secondary N) is 1. The van der Waals surface area contributed by atoms with E-state index in [0.29, 0.717) is 5.92 Å². The van der Waals surface area contributed by atoms with Gasteiger partial charge >= 0.3 is 6.61 Å². The van der Waals surface area contributed by atoms with Gasteiger partial charge in [0.2, 0.25) is 5.91 Å². The van der Waals surface area contributed by atoms with Gasteiger partial charge in [0.05, 0.1) is 6.04 Å². The van der Waals surface area contributed by atoms with Crippen molar-refractivity contribution in [2.45, 2.75) is 45.3 Å². The number of carbonyl (C=O) groups is 1. The van der Waals surface area contributed by atoms with E-state index in [0.717, 1.165) is 24.3 Å². The maximum absolute atomic E-state index is 12.4. The van der Waals surface area contributed by atoms with Crippen LogP contribution < -0.4 is 10.1 Å². The summed E-state index contributed by atoms with van der Waals surface area (Å²) in [4.78, 5) is 12.4. The van der Waals surface area contributed by atoms with Crippen molar-refractivity contribution in [2.75, 3.05) is 0 Å². The first-order valence-electron chi connectivity index (χ1n) is 7.88. The fraction of sp³-hybridized carbons (Fsp3) is 0.588. The Hall–Kier alpha value is -1.65. The Balaban J connectivity index is 1.61. The molecule has 2 aliphatic rings. The van der Waals surface area contributed by atoms with Crippen LogP contribution in [0.3, 0.4) is 0 Å². The standard InChI is InChI=1S/C17H21F2NO2/c1-10(12-3-2-4-14(9-12)22-17(18)19)20-16(21)15-8-11-5-6-13(15)7-11/h2-4,9-11,13,15,17H,5-8H2,1H3,(H,20,21)/t10-,11-,13-,15-/m0/s1. The highest BCUT2D eigenvalue weighted by Crippen LogP contribution is 2.48. The molecule has 2 bridgehead atoms. The van der Waals surface area contributed by atoms with Crippen LogP contribution in [0.5, 0.6) is 5.75 Å². The second kappa shape index (κ2) is 6.23. The number of carbonyl (C=O) groups excluding carboxylic acids is 1. The number of benzene rings is 1. The van der Waals surface area contributed by atoms with E-state index >= 15 is 0 Å². The summed E-state index contributed by atoms with van der Waals surface area (Å²) in [5.74, 6) is 1.60. The Morgan fingerprint density at radius 3 is 2.77 bits per heavy atom. The fourth-order valence-electron chi connectivity index (χ4n) is 3.93. The molecule has 1 aromatic carbocycles. The first kappa shape index (κ1) is 15.3. The van der Waals surface area contributed by atoms with Crippen molar-refractivity contribution in [3.8, 4) is 5.75 Å². The summed E-state index contributed by atoms with van der Waals surface area (Å²) >= 11 is 0. The summed E-state index contributed by atoms with van der Waals surface area (Å²) in [5, 5.41) is 3.02. The third-order valence-electron chi connectivity index (χ3n) is 5.02. The SMILES string of the molecule is C[C@H](NC(=O)[C@H]1C[C@H]2CC[C@H]1C2)c1cccc(OC(F)F)c1. The van der Waals surface area contributed by atoms with E-state index < -0.39 is 6.61 Å². The second-order valence-electron chi connectivity index (χ2n) is 6.46. The minimum absolute atomic E-state index is 0.0971. The lowest BCUT2D eigenvalue weighted by atomic mass is 9.88. The van der Waals surface area contributed by atoms with E-state index in [1.165, 1.54) is 18.9 Å². The lowest BCUT2D eigenvalue weighted by Gasteiger charge is -2.23. The maximum Gasteiger partial charge on any atom is 0.387 e. The van der Waals surface area contributed by atoms with Crippen molar-refractivity contribution in [1.82, 2.24) is 5.32 Å². The Morgan fingerprint density at radius 1 is 1.32 bits per heavy atom. The minimum Gasteiger partial charge on any atom is -0.435 e. The molecule has 1 N–H and O–H groups in total. The highest BCUT2D eigenvalue weighted by Gasteiger charge is 2.43. The molecule has 2 fully saturated rings. The lowest BCUT2D eigenvalue weighted by Crippen LogP contribution is -2.35. The Bertz CT molecular complexity index is 549. The third-order valence-corrected chi connectivity index (χ3v) is 5.02. The lowest BCUT2D eigenvalue weighted by molar-refractivity contribution is -0.127. The molecule has 1 aromatic rings. The molecule has 0 spiro atoms. The molecule has 120 valence electrons. The van der Waals surface area contributed by atoms with Crippen molar-refractivity contribution in [3.63, 3.8) is 0 Å². The molecule has 2 aliphatic carbocycles. The average Bonchev–Trinajstić information content (AvgIpc) is 3.09. The number of ether oxygens (including phenoxy) is 1. The van der Waals surface area contributed by atoms with Crippen LogP contribution in [0.2, 0.25) is 0 Å². The molecule has 2 saturated carbocycles. The van der Waals surface area contributed by atoms with Crippen LogP contribution in [0.1, 0.15) is 44.2 Å². The molecule has 5 heteroatoms.